The number of ether oxygens (including phenoxy) is 2. The van der Waals surface area contributed by atoms with Gasteiger partial charge in [-0.05, 0) is 32.8 Å². The van der Waals surface area contributed by atoms with E-state index in [1.165, 1.54) is 0 Å². The number of carboxylic acid groups (broad SMARTS) is 1. The van der Waals surface area contributed by atoms with Crippen LogP contribution in [0.5, 0.6) is 0 Å². The summed E-state index contributed by atoms with van der Waals surface area (Å²) in [4.78, 5) is 37.0. The summed E-state index contributed by atoms with van der Waals surface area (Å²) in [6.07, 6.45) is -0.722. The van der Waals surface area contributed by atoms with E-state index < -0.39 is 35.6 Å². The lowest BCUT2D eigenvalue weighted by molar-refractivity contribution is -0.149. The molecule has 1 amide bonds. The van der Waals surface area contributed by atoms with Gasteiger partial charge in [0.05, 0.1) is 5.92 Å². The van der Waals surface area contributed by atoms with Crippen molar-refractivity contribution in [2.24, 2.45) is 5.92 Å². The topological polar surface area (TPSA) is 93.1 Å². The van der Waals surface area contributed by atoms with Crippen molar-refractivity contribution in [1.82, 2.24) is 4.90 Å². The Bertz CT molecular complexity index is 637. The highest BCUT2D eigenvalue weighted by Gasteiger charge is 2.44. The Hall–Kier alpha value is -2.57. The van der Waals surface area contributed by atoms with E-state index in [9.17, 15) is 19.5 Å². The molecule has 0 aliphatic carbocycles. The van der Waals surface area contributed by atoms with Crippen LogP contribution >= 0.6 is 0 Å². The molecule has 1 aromatic carbocycles. The van der Waals surface area contributed by atoms with Crippen molar-refractivity contribution in [3.63, 3.8) is 0 Å². The number of carbonyl (C=O) groups is 3. The summed E-state index contributed by atoms with van der Waals surface area (Å²) >= 11 is 0. The van der Waals surface area contributed by atoms with Crippen LogP contribution in [0, 0.1) is 5.92 Å². The first kappa shape index (κ1) is 18.8. The van der Waals surface area contributed by atoms with Crippen LogP contribution in [0.15, 0.2) is 30.3 Å². The minimum absolute atomic E-state index is 0.0161. The van der Waals surface area contributed by atoms with Crippen LogP contribution in [0.25, 0.3) is 0 Å². The van der Waals surface area contributed by atoms with Gasteiger partial charge >= 0.3 is 18.0 Å². The fourth-order valence-corrected chi connectivity index (χ4v) is 2.61. The van der Waals surface area contributed by atoms with Gasteiger partial charge in [-0.2, -0.15) is 0 Å². The summed E-state index contributed by atoms with van der Waals surface area (Å²) < 4.78 is 10.5. The van der Waals surface area contributed by atoms with Gasteiger partial charge in [-0.15, -0.1) is 0 Å². The van der Waals surface area contributed by atoms with Crippen LogP contribution in [0.1, 0.15) is 32.8 Å². The molecule has 0 bridgehead atoms. The van der Waals surface area contributed by atoms with Crippen LogP contribution in [-0.2, 0) is 25.7 Å². The molecule has 1 aromatic rings. The minimum Gasteiger partial charge on any atom is -0.480 e. The second-order valence-corrected chi connectivity index (χ2v) is 7.01. The third-order valence-electron chi connectivity index (χ3n) is 3.77. The summed E-state index contributed by atoms with van der Waals surface area (Å²) in [6.45, 7) is 5.17. The van der Waals surface area contributed by atoms with Crippen molar-refractivity contribution in [1.29, 1.82) is 0 Å². The Morgan fingerprint density at radius 1 is 1.20 bits per heavy atom. The molecular weight excluding hydrogens is 326 g/mol. The lowest BCUT2D eigenvalue weighted by atomic mass is 10.1. The second-order valence-electron chi connectivity index (χ2n) is 7.01. The van der Waals surface area contributed by atoms with Gasteiger partial charge in [0.25, 0.3) is 0 Å². The van der Waals surface area contributed by atoms with Gasteiger partial charge in [-0.3, -0.25) is 9.69 Å². The molecule has 2 atom stereocenters. The minimum atomic E-state index is -1.16. The van der Waals surface area contributed by atoms with E-state index in [0.717, 1.165) is 10.5 Å². The third kappa shape index (κ3) is 5.20. The summed E-state index contributed by atoms with van der Waals surface area (Å²) in [5.41, 5.74) is 0.0964. The number of carbonyl (C=O) groups excluding carboxylic acids is 2. The number of esters is 1. The highest BCUT2D eigenvalue weighted by atomic mass is 16.6. The average molecular weight is 349 g/mol. The second kappa shape index (κ2) is 7.55. The van der Waals surface area contributed by atoms with Crippen molar-refractivity contribution >= 4 is 18.0 Å². The molecular formula is C18H23NO6. The number of carboxylic acids is 1. The van der Waals surface area contributed by atoms with Crippen molar-refractivity contribution in [3.8, 4) is 0 Å². The average Bonchev–Trinajstić information content (AvgIpc) is 2.98. The van der Waals surface area contributed by atoms with Crippen molar-refractivity contribution in [3.05, 3.63) is 35.9 Å². The number of hydrogen-bond acceptors (Lipinski definition) is 5. The quantitative estimate of drug-likeness (QED) is 0.839. The van der Waals surface area contributed by atoms with Crippen LogP contribution in [0.2, 0.25) is 0 Å². The number of nitrogens with zero attached hydrogens (tertiary/aromatic N) is 1. The fraction of sp³-hybridized carbons (Fsp3) is 0.500. The van der Waals surface area contributed by atoms with Gasteiger partial charge in [0.2, 0.25) is 0 Å². The number of likely N-dealkylation sites (tertiary alicyclic amines) is 1. The lowest BCUT2D eigenvalue weighted by Gasteiger charge is -2.26. The highest BCUT2D eigenvalue weighted by molar-refractivity contribution is 5.84. The molecule has 1 aliphatic rings. The smallest absolute Gasteiger partial charge is 0.411 e. The molecule has 2 rings (SSSR count). The SMILES string of the molecule is CC(C)(C)OC(=O)N1C[C@@H](C(=O)OCc2ccccc2)C[C@@H]1C(=O)O. The standard InChI is InChI=1S/C18H23NO6/c1-18(2,3)25-17(23)19-10-13(9-14(19)15(20)21)16(22)24-11-12-7-5-4-6-8-12/h4-8,13-14H,9-11H2,1-3H3,(H,20,21)/t13-,14+/m0/s1. The first-order chi connectivity index (χ1) is 11.7. The monoisotopic (exact) mass is 349 g/mol. The molecule has 0 spiro atoms. The predicted molar refractivity (Wildman–Crippen MR) is 88.7 cm³/mol. The van der Waals surface area contributed by atoms with Crippen molar-refractivity contribution < 1.29 is 29.0 Å². The van der Waals surface area contributed by atoms with Crippen LogP contribution in [-0.4, -0.2) is 46.2 Å². The molecule has 1 N–H and O–H groups in total. The Morgan fingerprint density at radius 3 is 2.40 bits per heavy atom. The largest absolute Gasteiger partial charge is 0.480 e. The maximum absolute atomic E-state index is 12.2. The Balaban J connectivity index is 1.99. The zero-order valence-corrected chi connectivity index (χ0v) is 14.6. The number of amides is 1. The van der Waals surface area contributed by atoms with E-state index in [4.69, 9.17) is 9.47 Å². The summed E-state index contributed by atoms with van der Waals surface area (Å²) in [5, 5.41) is 9.34. The van der Waals surface area contributed by atoms with E-state index in [0.29, 0.717) is 0 Å². The molecule has 0 saturated carbocycles. The number of rotatable bonds is 4. The normalized spacial score (nSPS) is 20.2. The molecule has 1 fully saturated rings. The maximum Gasteiger partial charge on any atom is 0.411 e. The summed E-state index contributed by atoms with van der Waals surface area (Å²) in [6, 6.07) is 8.10. The maximum atomic E-state index is 12.2. The Labute approximate surface area is 146 Å². The number of benzene rings is 1. The highest BCUT2D eigenvalue weighted by Crippen LogP contribution is 2.27. The van der Waals surface area contributed by atoms with Gasteiger partial charge in [0.15, 0.2) is 0 Å². The molecule has 136 valence electrons. The molecule has 0 unspecified atom stereocenters. The Kier molecular flexibility index (Phi) is 5.66. The predicted octanol–water partition coefficient (Wildman–Crippen LogP) is 2.44. The van der Waals surface area contributed by atoms with Crippen molar-refractivity contribution in [2.75, 3.05) is 6.54 Å². The van der Waals surface area contributed by atoms with Gasteiger partial charge in [-0.1, -0.05) is 30.3 Å². The molecule has 7 nitrogen and oxygen atoms in total. The summed E-state index contributed by atoms with van der Waals surface area (Å²) in [5.74, 6) is -2.36. The molecule has 0 radical (unpaired) electrons. The first-order valence-corrected chi connectivity index (χ1v) is 8.10. The van der Waals surface area contributed by atoms with Gasteiger partial charge in [-0.25, -0.2) is 9.59 Å². The zero-order valence-electron chi connectivity index (χ0n) is 14.6. The number of aliphatic carboxylic acids is 1. The molecule has 25 heavy (non-hydrogen) atoms. The fourth-order valence-electron chi connectivity index (χ4n) is 2.61. The van der Waals surface area contributed by atoms with Crippen LogP contribution in [0.3, 0.4) is 0 Å². The van der Waals surface area contributed by atoms with E-state index in [1.54, 1.807) is 20.8 Å². The lowest BCUT2D eigenvalue weighted by Crippen LogP contribution is -2.43. The molecule has 1 heterocycles. The van der Waals surface area contributed by atoms with E-state index >= 15 is 0 Å². The van der Waals surface area contributed by atoms with Gasteiger partial charge in [0, 0.05) is 6.54 Å². The van der Waals surface area contributed by atoms with E-state index in [1.807, 2.05) is 30.3 Å². The van der Waals surface area contributed by atoms with Gasteiger partial charge < -0.3 is 14.6 Å². The third-order valence-corrected chi connectivity index (χ3v) is 3.77. The van der Waals surface area contributed by atoms with Crippen LogP contribution < -0.4 is 0 Å². The van der Waals surface area contributed by atoms with E-state index in [2.05, 4.69) is 0 Å². The van der Waals surface area contributed by atoms with Crippen LogP contribution in [0.4, 0.5) is 4.79 Å². The Morgan fingerprint density at radius 2 is 1.84 bits per heavy atom. The van der Waals surface area contributed by atoms with E-state index in [-0.39, 0.29) is 19.6 Å². The summed E-state index contributed by atoms with van der Waals surface area (Å²) in [7, 11) is 0. The molecule has 1 saturated heterocycles. The molecule has 0 aromatic heterocycles. The molecule has 1 aliphatic heterocycles. The zero-order chi connectivity index (χ0) is 18.6. The van der Waals surface area contributed by atoms with Crippen molar-refractivity contribution in [2.45, 2.75) is 45.4 Å². The van der Waals surface area contributed by atoms with Gasteiger partial charge in [0.1, 0.15) is 18.2 Å². The first-order valence-electron chi connectivity index (χ1n) is 8.10. The molecule has 7 heteroatoms. The number of hydrogen-bond donors (Lipinski definition) is 1.